The smallest absolute Gasteiger partial charge is 0.243 e. The average molecular weight is 492 g/mol. The fourth-order valence-corrected chi connectivity index (χ4v) is 7.26. The molecule has 2 aliphatic rings. The number of rotatable bonds is 5. The minimum absolute atomic E-state index is 0.0147. The molecule has 0 spiro atoms. The molecule has 0 aromatic heterocycles. The van der Waals surface area contributed by atoms with E-state index in [1.807, 2.05) is 6.92 Å². The quantitative estimate of drug-likeness (QED) is 0.637. The topological polar surface area (TPSA) is 95.1 Å². The third-order valence-corrected chi connectivity index (χ3v) is 10.2. The Balaban J connectivity index is 1.32. The first-order chi connectivity index (χ1) is 15.7. The van der Waals surface area contributed by atoms with Gasteiger partial charge in [0.2, 0.25) is 26.0 Å². The zero-order valence-electron chi connectivity index (χ0n) is 18.6. The third-order valence-electron chi connectivity index (χ3n) is 6.39. The summed E-state index contributed by atoms with van der Waals surface area (Å²) >= 11 is 0. The first kappa shape index (κ1) is 23.9. The first-order valence-electron chi connectivity index (χ1n) is 11.1. The second-order valence-electron chi connectivity index (χ2n) is 8.53. The maximum atomic E-state index is 13.0. The lowest BCUT2D eigenvalue weighted by atomic mass is 9.96. The van der Waals surface area contributed by atoms with Crippen molar-refractivity contribution in [1.29, 1.82) is 0 Å². The monoisotopic (exact) mass is 491 g/mol. The number of piperazine rings is 1. The highest BCUT2D eigenvalue weighted by atomic mass is 32.2. The van der Waals surface area contributed by atoms with Gasteiger partial charge in [0.25, 0.3) is 0 Å². The largest absolute Gasteiger partial charge is 0.340 e. The van der Waals surface area contributed by atoms with Gasteiger partial charge in [0.15, 0.2) is 0 Å². The van der Waals surface area contributed by atoms with Gasteiger partial charge in [-0.15, -0.1) is 0 Å². The Hall–Kier alpha value is -2.27. The van der Waals surface area contributed by atoms with E-state index in [4.69, 9.17) is 0 Å². The van der Waals surface area contributed by atoms with E-state index in [-0.39, 0.29) is 34.7 Å². The van der Waals surface area contributed by atoms with E-state index in [2.05, 4.69) is 0 Å². The van der Waals surface area contributed by atoms with E-state index in [0.29, 0.717) is 39.0 Å². The predicted molar refractivity (Wildman–Crippen MR) is 124 cm³/mol. The average Bonchev–Trinajstić information content (AvgIpc) is 2.84. The molecule has 0 saturated carbocycles. The molecule has 2 aliphatic heterocycles. The maximum absolute atomic E-state index is 13.0. The van der Waals surface area contributed by atoms with Gasteiger partial charge in [-0.2, -0.15) is 8.61 Å². The molecule has 2 heterocycles. The normalized spacial score (nSPS) is 19.5. The zero-order chi connectivity index (χ0) is 23.6. The zero-order valence-corrected chi connectivity index (χ0v) is 20.3. The van der Waals surface area contributed by atoms with E-state index in [1.165, 1.54) is 8.61 Å². The van der Waals surface area contributed by atoms with Crippen molar-refractivity contribution in [2.24, 2.45) is 5.92 Å². The molecular weight excluding hydrogens is 462 g/mol. The summed E-state index contributed by atoms with van der Waals surface area (Å²) in [5, 5.41) is 0. The molecule has 10 heteroatoms. The van der Waals surface area contributed by atoms with Crippen molar-refractivity contribution >= 4 is 26.0 Å². The standard InChI is InChI=1S/C23H29N3O5S2/c1-19-7-9-22(10-8-19)33(30,31)26-17-15-24(16-18-26)23(27)20-11-13-25(14-12-20)32(28,29)21-5-3-2-4-6-21/h2-10,20H,11-18H2,1H3. The van der Waals surface area contributed by atoms with Crippen LogP contribution in [0.15, 0.2) is 64.4 Å². The number of hydrogen-bond donors (Lipinski definition) is 0. The Morgan fingerprint density at radius 3 is 1.73 bits per heavy atom. The van der Waals surface area contributed by atoms with Crippen molar-refractivity contribution in [3.05, 3.63) is 60.2 Å². The van der Waals surface area contributed by atoms with E-state index in [0.717, 1.165) is 5.56 Å². The van der Waals surface area contributed by atoms with Crippen molar-refractivity contribution < 1.29 is 21.6 Å². The van der Waals surface area contributed by atoms with Crippen molar-refractivity contribution in [3.8, 4) is 0 Å². The molecule has 0 unspecified atom stereocenters. The number of benzene rings is 2. The highest BCUT2D eigenvalue weighted by molar-refractivity contribution is 7.89. The number of piperidine rings is 1. The number of aryl methyl sites for hydroxylation is 1. The van der Waals surface area contributed by atoms with Crippen LogP contribution in [0.3, 0.4) is 0 Å². The van der Waals surface area contributed by atoms with Crippen LogP contribution in [0, 0.1) is 12.8 Å². The molecule has 0 bridgehead atoms. The lowest BCUT2D eigenvalue weighted by molar-refractivity contribution is -0.137. The summed E-state index contributed by atoms with van der Waals surface area (Å²) in [7, 11) is -7.13. The first-order valence-corrected chi connectivity index (χ1v) is 14.0. The summed E-state index contributed by atoms with van der Waals surface area (Å²) in [6.07, 6.45) is 0.930. The van der Waals surface area contributed by atoms with E-state index < -0.39 is 20.0 Å². The molecule has 2 aromatic rings. The van der Waals surface area contributed by atoms with Crippen molar-refractivity contribution in [1.82, 2.24) is 13.5 Å². The molecule has 4 rings (SSSR count). The molecule has 33 heavy (non-hydrogen) atoms. The van der Waals surface area contributed by atoms with E-state index in [9.17, 15) is 21.6 Å². The lowest BCUT2D eigenvalue weighted by Crippen LogP contribution is -2.53. The summed E-state index contributed by atoms with van der Waals surface area (Å²) in [5.74, 6) is -0.258. The fourth-order valence-electron chi connectivity index (χ4n) is 4.35. The van der Waals surface area contributed by atoms with Gasteiger partial charge in [0, 0.05) is 45.2 Å². The Bertz CT molecular complexity index is 1180. The molecule has 2 aromatic carbocycles. The van der Waals surface area contributed by atoms with Crippen molar-refractivity contribution in [2.75, 3.05) is 39.3 Å². The Kier molecular flexibility index (Phi) is 6.90. The van der Waals surface area contributed by atoms with E-state index >= 15 is 0 Å². The molecule has 0 atom stereocenters. The number of amides is 1. The van der Waals surface area contributed by atoms with Gasteiger partial charge in [-0.05, 0) is 44.0 Å². The van der Waals surface area contributed by atoms with Crippen molar-refractivity contribution in [3.63, 3.8) is 0 Å². The summed E-state index contributed by atoms with van der Waals surface area (Å²) in [5.41, 5.74) is 0.993. The number of carbonyl (C=O) groups excluding carboxylic acids is 1. The molecule has 1 amide bonds. The molecule has 2 saturated heterocycles. The highest BCUT2D eigenvalue weighted by Gasteiger charge is 2.36. The second-order valence-corrected chi connectivity index (χ2v) is 12.4. The predicted octanol–water partition coefficient (Wildman–Crippen LogP) is 1.93. The summed E-state index contributed by atoms with van der Waals surface area (Å²) in [6.45, 7) is 3.69. The van der Waals surface area contributed by atoms with Crippen LogP contribution >= 0.6 is 0 Å². The van der Waals surface area contributed by atoms with Gasteiger partial charge in [0.1, 0.15) is 0 Å². The van der Waals surface area contributed by atoms with Crippen LogP contribution in [0.25, 0.3) is 0 Å². The summed E-state index contributed by atoms with van der Waals surface area (Å²) in [4.78, 5) is 15.3. The van der Waals surface area contributed by atoms with Crippen molar-refractivity contribution in [2.45, 2.75) is 29.6 Å². The number of carbonyl (C=O) groups is 1. The van der Waals surface area contributed by atoms with Gasteiger partial charge in [-0.25, -0.2) is 16.8 Å². The minimum Gasteiger partial charge on any atom is -0.340 e. The van der Waals surface area contributed by atoms with Crippen LogP contribution in [0.4, 0.5) is 0 Å². The van der Waals surface area contributed by atoms with Gasteiger partial charge in [0.05, 0.1) is 9.79 Å². The number of hydrogen-bond acceptors (Lipinski definition) is 5. The van der Waals surface area contributed by atoms with Crippen LogP contribution in [0.2, 0.25) is 0 Å². The number of nitrogens with zero attached hydrogens (tertiary/aromatic N) is 3. The molecule has 0 radical (unpaired) electrons. The van der Waals surface area contributed by atoms with Crippen LogP contribution in [-0.4, -0.2) is 75.5 Å². The summed E-state index contributed by atoms with van der Waals surface area (Å²) < 4.78 is 54.2. The Morgan fingerprint density at radius 2 is 1.18 bits per heavy atom. The van der Waals surface area contributed by atoms with E-state index in [1.54, 1.807) is 59.5 Å². The molecule has 8 nitrogen and oxygen atoms in total. The SMILES string of the molecule is Cc1ccc(S(=O)(=O)N2CCN(C(=O)C3CCN(S(=O)(=O)c4ccccc4)CC3)CC2)cc1. The molecule has 0 N–H and O–H groups in total. The maximum Gasteiger partial charge on any atom is 0.243 e. The highest BCUT2D eigenvalue weighted by Crippen LogP contribution is 2.26. The van der Waals surface area contributed by atoms with Gasteiger partial charge >= 0.3 is 0 Å². The van der Waals surface area contributed by atoms with Gasteiger partial charge in [-0.3, -0.25) is 4.79 Å². The summed E-state index contributed by atoms with van der Waals surface area (Å²) in [6, 6.07) is 15.1. The Labute approximate surface area is 195 Å². The van der Waals surface area contributed by atoms with Crippen LogP contribution in [0.1, 0.15) is 18.4 Å². The van der Waals surface area contributed by atoms with Crippen LogP contribution in [0.5, 0.6) is 0 Å². The molecule has 178 valence electrons. The van der Waals surface area contributed by atoms with Crippen LogP contribution < -0.4 is 0 Å². The fraction of sp³-hybridized carbons (Fsp3) is 0.435. The Morgan fingerprint density at radius 1 is 0.697 bits per heavy atom. The second kappa shape index (κ2) is 9.54. The molecular formula is C23H29N3O5S2. The van der Waals surface area contributed by atoms with Gasteiger partial charge < -0.3 is 4.90 Å². The molecule has 2 fully saturated rings. The lowest BCUT2D eigenvalue weighted by Gasteiger charge is -2.37. The minimum atomic E-state index is -3.58. The molecule has 0 aliphatic carbocycles. The third kappa shape index (κ3) is 4.98. The van der Waals surface area contributed by atoms with Gasteiger partial charge in [-0.1, -0.05) is 35.9 Å². The number of sulfonamides is 2. The van der Waals surface area contributed by atoms with Crippen LogP contribution in [-0.2, 0) is 24.8 Å².